The third-order valence-corrected chi connectivity index (χ3v) is 4.01. The fourth-order valence-corrected chi connectivity index (χ4v) is 2.70. The Bertz CT molecular complexity index is 487. The Morgan fingerprint density at radius 2 is 2.21 bits per heavy atom. The second-order valence-corrected chi connectivity index (χ2v) is 5.55. The fraction of sp³-hybridized carbons (Fsp3) is 0.467. The van der Waals surface area contributed by atoms with E-state index in [0.29, 0.717) is 16.5 Å². The van der Waals surface area contributed by atoms with Crippen molar-refractivity contribution in [3.63, 3.8) is 0 Å². The monoisotopic (exact) mass is 276 g/mol. The number of carbonyl (C=O) groups excluding carboxylic acids is 1. The van der Waals surface area contributed by atoms with Gasteiger partial charge >= 0.3 is 0 Å². The molecular formula is C15H20N2OS. The summed E-state index contributed by atoms with van der Waals surface area (Å²) in [5, 5.41) is 0. The third kappa shape index (κ3) is 3.32. The Morgan fingerprint density at radius 3 is 2.89 bits per heavy atom. The number of piperidine rings is 1. The van der Waals surface area contributed by atoms with Crippen LogP contribution in [0.3, 0.4) is 0 Å². The van der Waals surface area contributed by atoms with E-state index in [1.165, 1.54) is 6.42 Å². The number of amides is 1. The molecule has 0 saturated carbocycles. The summed E-state index contributed by atoms with van der Waals surface area (Å²) in [5.41, 5.74) is 7.05. The van der Waals surface area contributed by atoms with Crippen LogP contribution >= 0.6 is 12.2 Å². The molecule has 19 heavy (non-hydrogen) atoms. The Kier molecular flexibility index (Phi) is 4.53. The zero-order chi connectivity index (χ0) is 13.8. The highest BCUT2D eigenvalue weighted by Gasteiger charge is 2.23. The maximum atomic E-state index is 12.5. The van der Waals surface area contributed by atoms with E-state index in [1.807, 2.05) is 23.1 Å². The topological polar surface area (TPSA) is 46.3 Å². The molecule has 2 N–H and O–H groups in total. The molecule has 1 aliphatic heterocycles. The molecule has 0 spiro atoms. The zero-order valence-electron chi connectivity index (χ0n) is 11.3. The quantitative estimate of drug-likeness (QED) is 0.863. The lowest BCUT2D eigenvalue weighted by molar-refractivity contribution is 0.0671. The van der Waals surface area contributed by atoms with Gasteiger partial charge in [-0.05, 0) is 30.9 Å². The van der Waals surface area contributed by atoms with E-state index >= 15 is 0 Å². The summed E-state index contributed by atoms with van der Waals surface area (Å²) < 4.78 is 0. The summed E-state index contributed by atoms with van der Waals surface area (Å²) in [7, 11) is 0. The van der Waals surface area contributed by atoms with E-state index in [1.54, 1.807) is 6.07 Å². The minimum Gasteiger partial charge on any atom is -0.389 e. The van der Waals surface area contributed by atoms with Crippen LogP contribution < -0.4 is 5.73 Å². The van der Waals surface area contributed by atoms with Crippen LogP contribution in [0.2, 0.25) is 0 Å². The summed E-state index contributed by atoms with van der Waals surface area (Å²) in [6.07, 6.45) is 3.46. The van der Waals surface area contributed by atoms with E-state index in [9.17, 15) is 4.79 Å². The second kappa shape index (κ2) is 6.15. The standard InChI is InChI=1S/C15H20N2OS/c1-2-11-5-4-8-17(10-11)15(18)13-7-3-6-12(9-13)14(16)19/h3,6-7,9,11H,2,4-5,8,10H2,1H3,(H2,16,19). The average Bonchev–Trinajstić information content (AvgIpc) is 2.46. The van der Waals surface area contributed by atoms with Gasteiger partial charge in [0.15, 0.2) is 0 Å². The normalized spacial score (nSPS) is 19.2. The molecule has 102 valence electrons. The van der Waals surface area contributed by atoms with Crippen molar-refractivity contribution in [2.75, 3.05) is 13.1 Å². The summed E-state index contributed by atoms with van der Waals surface area (Å²) in [5.74, 6) is 0.729. The molecule has 0 bridgehead atoms. The van der Waals surface area contributed by atoms with Crippen LogP contribution in [-0.2, 0) is 0 Å². The van der Waals surface area contributed by atoms with Crippen LogP contribution in [0.1, 0.15) is 42.1 Å². The van der Waals surface area contributed by atoms with Crippen LogP contribution in [0.5, 0.6) is 0 Å². The molecule has 0 radical (unpaired) electrons. The predicted octanol–water partition coefficient (Wildman–Crippen LogP) is 2.58. The molecule has 1 fully saturated rings. The molecule has 2 rings (SSSR count). The molecule has 0 aliphatic carbocycles. The predicted molar refractivity (Wildman–Crippen MR) is 81.2 cm³/mol. The molecule has 4 heteroatoms. The highest BCUT2D eigenvalue weighted by molar-refractivity contribution is 7.80. The first-order chi connectivity index (χ1) is 9.11. The van der Waals surface area contributed by atoms with Crippen LogP contribution in [0.15, 0.2) is 24.3 Å². The minimum absolute atomic E-state index is 0.0938. The molecule has 1 saturated heterocycles. The van der Waals surface area contributed by atoms with Crippen LogP contribution in [0.4, 0.5) is 0 Å². The van der Waals surface area contributed by atoms with E-state index in [4.69, 9.17) is 18.0 Å². The molecular weight excluding hydrogens is 256 g/mol. The summed E-state index contributed by atoms with van der Waals surface area (Å²) in [6.45, 7) is 3.91. The summed E-state index contributed by atoms with van der Waals surface area (Å²) in [6, 6.07) is 7.30. The van der Waals surface area contributed by atoms with Gasteiger partial charge < -0.3 is 10.6 Å². The molecule has 1 heterocycles. The van der Waals surface area contributed by atoms with Gasteiger partial charge in [0, 0.05) is 24.2 Å². The first-order valence-corrected chi connectivity index (χ1v) is 7.21. The van der Waals surface area contributed by atoms with Gasteiger partial charge in [0.1, 0.15) is 4.99 Å². The molecule has 1 aliphatic rings. The van der Waals surface area contributed by atoms with Crippen molar-refractivity contribution in [1.82, 2.24) is 4.90 Å². The number of hydrogen-bond acceptors (Lipinski definition) is 2. The van der Waals surface area contributed by atoms with Crippen molar-refractivity contribution in [3.8, 4) is 0 Å². The van der Waals surface area contributed by atoms with Crippen molar-refractivity contribution in [1.29, 1.82) is 0 Å². The first kappa shape index (κ1) is 14.0. The van der Waals surface area contributed by atoms with Gasteiger partial charge in [-0.15, -0.1) is 0 Å². The van der Waals surface area contributed by atoms with Crippen molar-refractivity contribution in [2.24, 2.45) is 11.7 Å². The Labute approximate surface area is 119 Å². The van der Waals surface area contributed by atoms with Gasteiger partial charge in [0.2, 0.25) is 0 Å². The number of nitrogens with zero attached hydrogens (tertiary/aromatic N) is 1. The molecule has 1 atom stereocenters. The van der Waals surface area contributed by atoms with E-state index < -0.39 is 0 Å². The number of hydrogen-bond donors (Lipinski definition) is 1. The number of likely N-dealkylation sites (tertiary alicyclic amines) is 1. The third-order valence-electron chi connectivity index (χ3n) is 3.78. The van der Waals surface area contributed by atoms with Gasteiger partial charge in [-0.1, -0.05) is 37.7 Å². The van der Waals surface area contributed by atoms with Crippen molar-refractivity contribution >= 4 is 23.1 Å². The van der Waals surface area contributed by atoms with Crippen LogP contribution in [-0.4, -0.2) is 28.9 Å². The van der Waals surface area contributed by atoms with Crippen LogP contribution in [0.25, 0.3) is 0 Å². The number of benzene rings is 1. The molecule has 1 aromatic rings. The minimum atomic E-state index is 0.0938. The highest BCUT2D eigenvalue weighted by Crippen LogP contribution is 2.21. The fourth-order valence-electron chi connectivity index (χ4n) is 2.57. The summed E-state index contributed by atoms with van der Waals surface area (Å²) >= 11 is 4.96. The zero-order valence-corrected chi connectivity index (χ0v) is 12.1. The van der Waals surface area contributed by atoms with E-state index in [2.05, 4.69) is 6.92 Å². The van der Waals surface area contributed by atoms with Gasteiger partial charge in [-0.3, -0.25) is 4.79 Å². The average molecular weight is 276 g/mol. The first-order valence-electron chi connectivity index (χ1n) is 6.81. The molecule has 0 aromatic heterocycles. The Hall–Kier alpha value is -1.42. The van der Waals surface area contributed by atoms with Crippen molar-refractivity contribution in [2.45, 2.75) is 26.2 Å². The Morgan fingerprint density at radius 1 is 1.47 bits per heavy atom. The maximum absolute atomic E-state index is 12.5. The number of rotatable bonds is 3. The Balaban J connectivity index is 2.14. The van der Waals surface area contributed by atoms with Gasteiger partial charge in [0.25, 0.3) is 5.91 Å². The van der Waals surface area contributed by atoms with Gasteiger partial charge in [-0.25, -0.2) is 0 Å². The van der Waals surface area contributed by atoms with Crippen LogP contribution in [0, 0.1) is 5.92 Å². The molecule has 1 amide bonds. The number of nitrogens with two attached hydrogens (primary N) is 1. The smallest absolute Gasteiger partial charge is 0.253 e. The molecule has 1 unspecified atom stereocenters. The summed E-state index contributed by atoms with van der Waals surface area (Å²) in [4.78, 5) is 14.8. The molecule has 3 nitrogen and oxygen atoms in total. The second-order valence-electron chi connectivity index (χ2n) is 5.11. The van der Waals surface area contributed by atoms with Crippen molar-refractivity contribution < 1.29 is 4.79 Å². The number of thiocarbonyl (C=S) groups is 1. The van der Waals surface area contributed by atoms with Gasteiger partial charge in [-0.2, -0.15) is 0 Å². The van der Waals surface area contributed by atoms with Gasteiger partial charge in [0.05, 0.1) is 0 Å². The SMILES string of the molecule is CCC1CCCN(C(=O)c2cccc(C(N)=S)c2)C1. The van der Waals surface area contributed by atoms with Crippen molar-refractivity contribution in [3.05, 3.63) is 35.4 Å². The van der Waals surface area contributed by atoms with E-state index in [0.717, 1.165) is 31.5 Å². The van der Waals surface area contributed by atoms with E-state index in [-0.39, 0.29) is 5.91 Å². The lowest BCUT2D eigenvalue weighted by Crippen LogP contribution is -2.39. The molecule has 1 aromatic carbocycles. The highest BCUT2D eigenvalue weighted by atomic mass is 32.1. The maximum Gasteiger partial charge on any atom is 0.253 e. The lowest BCUT2D eigenvalue weighted by atomic mass is 9.95. The largest absolute Gasteiger partial charge is 0.389 e. The lowest BCUT2D eigenvalue weighted by Gasteiger charge is -2.32. The number of carbonyl (C=O) groups is 1.